The summed E-state index contributed by atoms with van der Waals surface area (Å²) in [5.74, 6) is 0.422. The van der Waals surface area contributed by atoms with Gasteiger partial charge in [-0.1, -0.05) is 26.7 Å². The zero-order chi connectivity index (χ0) is 11.3. The zero-order valence-corrected chi connectivity index (χ0v) is 11.8. The van der Waals surface area contributed by atoms with Gasteiger partial charge in [0.1, 0.15) is 0 Å². The van der Waals surface area contributed by atoms with Crippen molar-refractivity contribution >= 4 is 27.3 Å². The van der Waals surface area contributed by atoms with Crippen LogP contribution in [0, 0.1) is 5.92 Å². The largest absolute Gasteiger partial charge is 0.387 e. The Bertz CT molecular complexity index is 279. The summed E-state index contributed by atoms with van der Waals surface area (Å²) in [7, 11) is 0. The van der Waals surface area contributed by atoms with E-state index in [-0.39, 0.29) is 6.10 Å². The molecule has 0 fully saturated rings. The SMILES string of the molecule is CCCC(CCC)C(O)c1ccc(Br)s1. The highest BCUT2D eigenvalue weighted by atomic mass is 79.9. The summed E-state index contributed by atoms with van der Waals surface area (Å²) in [5.41, 5.74) is 0. The second kappa shape index (κ2) is 6.66. The predicted molar refractivity (Wildman–Crippen MR) is 70.3 cm³/mol. The zero-order valence-electron chi connectivity index (χ0n) is 9.37. The van der Waals surface area contributed by atoms with Gasteiger partial charge in [-0.05, 0) is 46.8 Å². The van der Waals surface area contributed by atoms with E-state index in [2.05, 4.69) is 29.8 Å². The van der Waals surface area contributed by atoms with E-state index in [0.717, 1.165) is 34.3 Å². The molecule has 0 aliphatic rings. The lowest BCUT2D eigenvalue weighted by Crippen LogP contribution is -2.11. The van der Waals surface area contributed by atoms with E-state index in [4.69, 9.17) is 0 Å². The van der Waals surface area contributed by atoms with Crippen molar-refractivity contribution in [2.75, 3.05) is 0 Å². The third-order valence-electron chi connectivity index (χ3n) is 2.65. The molecule has 0 bridgehead atoms. The number of thiophene rings is 1. The van der Waals surface area contributed by atoms with E-state index in [9.17, 15) is 5.11 Å². The molecule has 1 nitrogen and oxygen atoms in total. The number of halogens is 1. The molecule has 15 heavy (non-hydrogen) atoms. The minimum Gasteiger partial charge on any atom is -0.387 e. The second-order valence-corrected chi connectivity index (χ2v) is 6.42. The van der Waals surface area contributed by atoms with Gasteiger partial charge in [-0.3, -0.25) is 0 Å². The Hall–Kier alpha value is 0.140. The average Bonchev–Trinajstić information content (AvgIpc) is 2.63. The Morgan fingerprint density at radius 2 is 1.87 bits per heavy atom. The van der Waals surface area contributed by atoms with Gasteiger partial charge in [-0.2, -0.15) is 0 Å². The van der Waals surface area contributed by atoms with Gasteiger partial charge in [0, 0.05) is 4.88 Å². The molecular weight excluding hydrogens is 272 g/mol. The summed E-state index contributed by atoms with van der Waals surface area (Å²) >= 11 is 5.08. The van der Waals surface area contributed by atoms with Crippen LogP contribution in [-0.2, 0) is 0 Å². The van der Waals surface area contributed by atoms with Crippen LogP contribution in [0.4, 0.5) is 0 Å². The Balaban J connectivity index is 2.66. The van der Waals surface area contributed by atoms with Crippen molar-refractivity contribution in [3.63, 3.8) is 0 Å². The van der Waals surface area contributed by atoms with E-state index in [1.54, 1.807) is 11.3 Å². The van der Waals surface area contributed by atoms with Crippen LogP contribution in [0.25, 0.3) is 0 Å². The third-order valence-corrected chi connectivity index (χ3v) is 4.35. The van der Waals surface area contributed by atoms with Gasteiger partial charge in [0.15, 0.2) is 0 Å². The molecule has 0 spiro atoms. The standard InChI is InChI=1S/C12H19BrOS/c1-3-5-9(6-4-2)12(14)10-7-8-11(13)15-10/h7-9,12,14H,3-6H2,1-2H3. The van der Waals surface area contributed by atoms with Gasteiger partial charge in [0.05, 0.1) is 9.89 Å². The number of rotatable bonds is 6. The van der Waals surface area contributed by atoms with E-state index >= 15 is 0 Å². The molecule has 0 saturated carbocycles. The highest BCUT2D eigenvalue weighted by Gasteiger charge is 2.20. The molecule has 3 heteroatoms. The Kier molecular flexibility index (Phi) is 5.87. The van der Waals surface area contributed by atoms with E-state index in [0.29, 0.717) is 5.92 Å². The minimum absolute atomic E-state index is 0.277. The Morgan fingerprint density at radius 1 is 1.27 bits per heavy atom. The van der Waals surface area contributed by atoms with Crippen LogP contribution in [0.15, 0.2) is 15.9 Å². The van der Waals surface area contributed by atoms with E-state index in [1.807, 2.05) is 12.1 Å². The molecule has 0 aliphatic carbocycles. The lowest BCUT2D eigenvalue weighted by atomic mass is 9.91. The molecule has 0 saturated heterocycles. The molecule has 1 aromatic rings. The normalized spacial score (nSPS) is 13.4. The molecule has 0 aromatic carbocycles. The smallest absolute Gasteiger partial charge is 0.0910 e. The Morgan fingerprint density at radius 3 is 2.27 bits per heavy atom. The molecular formula is C12H19BrOS. The van der Waals surface area contributed by atoms with Crippen molar-refractivity contribution in [1.29, 1.82) is 0 Å². The molecule has 0 aliphatic heterocycles. The van der Waals surface area contributed by atoms with Crippen LogP contribution in [0.2, 0.25) is 0 Å². The highest BCUT2D eigenvalue weighted by molar-refractivity contribution is 9.11. The molecule has 1 rings (SSSR count). The van der Waals surface area contributed by atoms with Gasteiger partial charge in [0.25, 0.3) is 0 Å². The van der Waals surface area contributed by atoms with Crippen LogP contribution in [0.3, 0.4) is 0 Å². The number of hydrogen-bond acceptors (Lipinski definition) is 2. The highest BCUT2D eigenvalue weighted by Crippen LogP contribution is 2.35. The van der Waals surface area contributed by atoms with Crippen LogP contribution in [-0.4, -0.2) is 5.11 Å². The molecule has 1 atom stereocenters. The Labute approximate surface area is 105 Å². The van der Waals surface area contributed by atoms with Crippen LogP contribution >= 0.6 is 27.3 Å². The second-order valence-electron chi connectivity index (χ2n) is 3.92. The van der Waals surface area contributed by atoms with Gasteiger partial charge < -0.3 is 5.11 Å². The average molecular weight is 291 g/mol. The molecule has 0 radical (unpaired) electrons. The molecule has 1 N–H and O–H groups in total. The van der Waals surface area contributed by atoms with Gasteiger partial charge in [0.2, 0.25) is 0 Å². The quantitative estimate of drug-likeness (QED) is 0.801. The number of hydrogen-bond donors (Lipinski definition) is 1. The fraction of sp³-hybridized carbons (Fsp3) is 0.667. The maximum Gasteiger partial charge on any atom is 0.0910 e. The number of aliphatic hydroxyl groups is 1. The summed E-state index contributed by atoms with van der Waals surface area (Å²) in [6, 6.07) is 4.04. The summed E-state index contributed by atoms with van der Waals surface area (Å²) in [6.45, 7) is 4.36. The lowest BCUT2D eigenvalue weighted by Gasteiger charge is -2.20. The van der Waals surface area contributed by atoms with Gasteiger partial charge in [-0.25, -0.2) is 0 Å². The van der Waals surface area contributed by atoms with Crippen molar-refractivity contribution in [3.8, 4) is 0 Å². The van der Waals surface area contributed by atoms with Gasteiger partial charge in [-0.15, -0.1) is 11.3 Å². The predicted octanol–water partition coefficient (Wildman–Crippen LogP) is 4.76. The summed E-state index contributed by atoms with van der Waals surface area (Å²) in [6.07, 6.45) is 4.25. The summed E-state index contributed by atoms with van der Waals surface area (Å²) < 4.78 is 1.10. The van der Waals surface area contributed by atoms with Gasteiger partial charge >= 0.3 is 0 Å². The monoisotopic (exact) mass is 290 g/mol. The van der Waals surface area contributed by atoms with E-state index in [1.165, 1.54) is 0 Å². The fourth-order valence-electron chi connectivity index (χ4n) is 1.92. The van der Waals surface area contributed by atoms with E-state index < -0.39 is 0 Å². The summed E-state index contributed by atoms with van der Waals surface area (Å²) in [4.78, 5) is 1.09. The fourth-order valence-corrected chi connectivity index (χ4v) is 3.42. The maximum absolute atomic E-state index is 10.2. The third kappa shape index (κ3) is 3.89. The van der Waals surface area contributed by atoms with Crippen molar-refractivity contribution in [3.05, 3.63) is 20.8 Å². The van der Waals surface area contributed by atoms with Crippen molar-refractivity contribution in [2.24, 2.45) is 5.92 Å². The molecule has 1 unspecified atom stereocenters. The molecule has 1 heterocycles. The first-order chi connectivity index (χ1) is 7.19. The first kappa shape index (κ1) is 13.2. The molecule has 1 aromatic heterocycles. The maximum atomic E-state index is 10.2. The molecule has 86 valence electrons. The minimum atomic E-state index is -0.277. The number of aliphatic hydroxyl groups excluding tert-OH is 1. The van der Waals surface area contributed by atoms with Crippen molar-refractivity contribution in [2.45, 2.75) is 45.6 Å². The summed E-state index contributed by atoms with van der Waals surface area (Å²) in [5, 5.41) is 10.2. The topological polar surface area (TPSA) is 20.2 Å². The van der Waals surface area contributed by atoms with Crippen molar-refractivity contribution < 1.29 is 5.11 Å². The first-order valence-corrected chi connectivity index (χ1v) is 7.23. The van der Waals surface area contributed by atoms with Crippen LogP contribution in [0.1, 0.15) is 50.5 Å². The lowest BCUT2D eigenvalue weighted by molar-refractivity contribution is 0.0997. The first-order valence-electron chi connectivity index (χ1n) is 5.62. The van der Waals surface area contributed by atoms with Crippen LogP contribution in [0.5, 0.6) is 0 Å². The van der Waals surface area contributed by atoms with Crippen LogP contribution < -0.4 is 0 Å². The van der Waals surface area contributed by atoms with Crippen molar-refractivity contribution in [1.82, 2.24) is 0 Å². The molecule has 0 amide bonds.